The number of hydrogen-bond acceptors (Lipinski definition) is 8. The normalized spacial score (nSPS) is 20.9. The van der Waals surface area contributed by atoms with E-state index in [1.807, 2.05) is 73.7 Å². The van der Waals surface area contributed by atoms with Crippen molar-refractivity contribution >= 4 is 35.6 Å². The highest BCUT2D eigenvalue weighted by molar-refractivity contribution is 7.99. The van der Waals surface area contributed by atoms with Gasteiger partial charge in [-0.05, 0) is 65.7 Å². The van der Waals surface area contributed by atoms with E-state index in [9.17, 15) is 24.3 Å². The highest BCUT2D eigenvalue weighted by Gasteiger charge is 2.43. The Morgan fingerprint density at radius 3 is 1.84 bits per heavy atom. The third-order valence-electron chi connectivity index (χ3n) is 12.3. The quantitative estimate of drug-likeness (QED) is 0.0724. The minimum absolute atomic E-state index is 0.0297. The molecule has 3 fully saturated rings. The fraction of sp³-hybridized carbons (Fsp3) is 0.404. The molecule has 14 nitrogen and oxygen atoms in total. The first-order chi connectivity index (χ1) is 30.0. The van der Waals surface area contributed by atoms with Crippen molar-refractivity contribution in [3.05, 3.63) is 108 Å². The number of H-pyrrole nitrogens is 2. The highest BCUT2D eigenvalue weighted by atomic mass is 32.2. The Bertz CT molecular complexity index is 2360. The topological polar surface area (TPSA) is 186 Å². The average Bonchev–Trinajstić information content (AvgIpc) is 3.64. The van der Waals surface area contributed by atoms with E-state index >= 15 is 0 Å². The standard InChI is InChI=1S/C47H54N8O6S/c1-27(2)40(53-47(59)60)45(57)55-25-35(62-4)21-39(55)43-49-23-37(51-43)32-16-12-30(13-17-32)29-10-14-31(15-11-29)36-22-48-42(50-36)38-20-28(26-61-3)24-54(38)46(58)41(33-8-6-5-7-9-33)52-44(56)34-18-19-34/h5-17,22-23,27-28,34-35,38-41,53H,18-21,24-26H2,1-4H3,(H,48,50)(H,49,51)(H,52,56)(H,59,60)/t28?,35-,38-,39-,40?,41+/m0/s1. The van der Waals surface area contributed by atoms with Crippen LogP contribution in [-0.4, -0.2) is 103 Å². The zero-order valence-corrected chi connectivity index (χ0v) is 36.2. The lowest BCUT2D eigenvalue weighted by molar-refractivity contribution is -0.138. The number of methoxy groups -OCH3 is 1. The van der Waals surface area contributed by atoms with Gasteiger partial charge >= 0.3 is 6.09 Å². The lowest BCUT2D eigenvalue weighted by Gasteiger charge is -2.29. The van der Waals surface area contributed by atoms with Gasteiger partial charge in [-0.25, -0.2) is 14.8 Å². The van der Waals surface area contributed by atoms with E-state index < -0.39 is 18.2 Å². The molecule has 324 valence electrons. The molecule has 0 radical (unpaired) electrons. The number of aromatic nitrogens is 4. The van der Waals surface area contributed by atoms with Crippen LogP contribution < -0.4 is 10.6 Å². The molecule has 62 heavy (non-hydrogen) atoms. The first-order valence-corrected chi connectivity index (χ1v) is 22.6. The van der Waals surface area contributed by atoms with Crippen molar-refractivity contribution in [3.8, 4) is 33.6 Å². The van der Waals surface area contributed by atoms with Gasteiger partial charge < -0.3 is 40.2 Å². The van der Waals surface area contributed by atoms with Gasteiger partial charge in [0.1, 0.15) is 23.7 Å². The van der Waals surface area contributed by atoms with Crippen molar-refractivity contribution in [2.75, 3.05) is 33.1 Å². The Morgan fingerprint density at radius 2 is 1.32 bits per heavy atom. The summed E-state index contributed by atoms with van der Waals surface area (Å²) >= 11 is 1.70. The van der Waals surface area contributed by atoms with Gasteiger partial charge in [-0.1, -0.05) is 92.7 Å². The van der Waals surface area contributed by atoms with E-state index in [1.165, 1.54) is 0 Å². The predicted molar refractivity (Wildman–Crippen MR) is 238 cm³/mol. The van der Waals surface area contributed by atoms with Crippen LogP contribution in [0.4, 0.5) is 4.79 Å². The minimum Gasteiger partial charge on any atom is -0.465 e. The van der Waals surface area contributed by atoms with Crippen LogP contribution >= 0.6 is 11.8 Å². The number of ether oxygens (including phenoxy) is 1. The summed E-state index contributed by atoms with van der Waals surface area (Å²) in [7, 11) is 1.67. The molecule has 3 aliphatic rings. The molecule has 1 aliphatic carbocycles. The Hall–Kier alpha value is -5.93. The number of imidazole rings is 2. The largest absolute Gasteiger partial charge is 0.465 e. The van der Waals surface area contributed by atoms with Gasteiger partial charge in [0.2, 0.25) is 17.7 Å². The smallest absolute Gasteiger partial charge is 0.405 e. The number of nitrogens with one attached hydrogen (secondary N) is 4. The summed E-state index contributed by atoms with van der Waals surface area (Å²) < 4.78 is 5.53. The molecule has 4 amide bonds. The lowest BCUT2D eigenvalue weighted by atomic mass is 10.0. The maximum absolute atomic E-state index is 14.4. The molecule has 5 N–H and O–H groups in total. The number of benzene rings is 3. The molecule has 2 unspecified atom stereocenters. The molecule has 8 rings (SSSR count). The number of nitrogens with zero attached hydrogens (tertiary/aromatic N) is 4. The van der Waals surface area contributed by atoms with E-state index in [2.05, 4.69) is 57.0 Å². The number of hydrogen-bond donors (Lipinski definition) is 5. The van der Waals surface area contributed by atoms with Crippen LogP contribution in [0.3, 0.4) is 0 Å². The molecule has 0 bridgehead atoms. The van der Waals surface area contributed by atoms with Crippen molar-refractivity contribution in [2.45, 2.75) is 68.9 Å². The van der Waals surface area contributed by atoms with Gasteiger partial charge in [-0.2, -0.15) is 11.8 Å². The van der Waals surface area contributed by atoms with Crippen LogP contribution in [0.15, 0.2) is 91.3 Å². The first-order valence-electron chi connectivity index (χ1n) is 21.3. The van der Waals surface area contributed by atoms with Crippen LogP contribution in [0.5, 0.6) is 0 Å². The van der Waals surface area contributed by atoms with E-state index in [0.717, 1.165) is 58.5 Å². The molecule has 2 saturated heterocycles. The van der Waals surface area contributed by atoms with Gasteiger partial charge in [-0.15, -0.1) is 0 Å². The van der Waals surface area contributed by atoms with Crippen molar-refractivity contribution in [2.24, 2.45) is 17.8 Å². The molecular weight excluding hydrogens is 805 g/mol. The monoisotopic (exact) mass is 858 g/mol. The molecule has 0 spiro atoms. The van der Waals surface area contributed by atoms with E-state index in [0.29, 0.717) is 37.8 Å². The fourth-order valence-electron chi connectivity index (χ4n) is 8.77. The maximum atomic E-state index is 14.4. The number of thioether (sulfide) groups is 1. The number of carboxylic acid groups (broad SMARTS) is 1. The Kier molecular flexibility index (Phi) is 12.8. The van der Waals surface area contributed by atoms with E-state index in [1.54, 1.807) is 30.0 Å². The van der Waals surface area contributed by atoms with E-state index in [4.69, 9.17) is 14.7 Å². The Balaban J connectivity index is 0.955. The maximum Gasteiger partial charge on any atom is 0.405 e. The van der Waals surface area contributed by atoms with Gasteiger partial charge in [0.15, 0.2) is 0 Å². The molecular formula is C47H54N8O6S. The Labute approximate surface area is 365 Å². The second-order valence-corrected chi connectivity index (χ2v) is 18.1. The Morgan fingerprint density at radius 1 is 0.774 bits per heavy atom. The van der Waals surface area contributed by atoms with Crippen LogP contribution in [0.1, 0.15) is 74.9 Å². The summed E-state index contributed by atoms with van der Waals surface area (Å²) in [5.74, 6) is 0.786. The minimum atomic E-state index is -1.22. The van der Waals surface area contributed by atoms with Crippen molar-refractivity contribution in [3.63, 3.8) is 0 Å². The summed E-state index contributed by atoms with van der Waals surface area (Å²) in [5, 5.41) is 15.1. The first kappa shape index (κ1) is 42.7. The second-order valence-electron chi connectivity index (χ2n) is 17.0. The number of likely N-dealkylation sites (tertiary alicyclic amines) is 2. The molecule has 5 aromatic rings. The van der Waals surface area contributed by atoms with Crippen molar-refractivity contribution in [1.29, 1.82) is 0 Å². The van der Waals surface area contributed by atoms with Gasteiger partial charge in [0.05, 0.1) is 42.5 Å². The molecule has 2 aliphatic heterocycles. The summed E-state index contributed by atoms with van der Waals surface area (Å²) in [5.41, 5.74) is 6.41. The summed E-state index contributed by atoms with van der Waals surface area (Å²) in [4.78, 5) is 72.6. The van der Waals surface area contributed by atoms with Crippen LogP contribution in [0, 0.1) is 17.8 Å². The third kappa shape index (κ3) is 9.28. The average molecular weight is 859 g/mol. The number of carbonyl (C=O) groups excluding carboxylic acids is 3. The second kappa shape index (κ2) is 18.6. The zero-order valence-electron chi connectivity index (χ0n) is 35.4. The highest BCUT2D eigenvalue weighted by Crippen LogP contribution is 2.39. The SMILES string of the molecule is COCC1C[C@@H](c2ncc(-c3ccc(-c4ccc(-c5cnc([C@@H]6C[C@H](SC)CN6C(=O)C(NC(=O)O)C(C)C)[nH]5)cc4)cc3)[nH]2)N(C(=O)[C@H](NC(=O)C2CC2)c2ccccc2)C1. The van der Waals surface area contributed by atoms with Crippen LogP contribution in [-0.2, 0) is 19.1 Å². The lowest BCUT2D eigenvalue weighted by Crippen LogP contribution is -2.51. The predicted octanol–water partition coefficient (Wildman–Crippen LogP) is 7.23. The van der Waals surface area contributed by atoms with Crippen molar-refractivity contribution in [1.82, 2.24) is 40.4 Å². The number of amides is 4. The fourth-order valence-corrected chi connectivity index (χ4v) is 9.46. The van der Waals surface area contributed by atoms with E-state index in [-0.39, 0.29) is 52.8 Å². The van der Waals surface area contributed by atoms with Gasteiger partial charge in [0.25, 0.3) is 0 Å². The van der Waals surface area contributed by atoms with Crippen LogP contribution in [0.25, 0.3) is 33.6 Å². The molecule has 4 heterocycles. The summed E-state index contributed by atoms with van der Waals surface area (Å²) in [6, 6.07) is 23.7. The molecule has 15 heteroatoms. The summed E-state index contributed by atoms with van der Waals surface area (Å²) in [6.07, 6.45) is 7.51. The van der Waals surface area contributed by atoms with Gasteiger partial charge in [0, 0.05) is 37.3 Å². The zero-order chi connectivity index (χ0) is 43.5. The molecule has 6 atom stereocenters. The summed E-state index contributed by atoms with van der Waals surface area (Å²) in [6.45, 7) is 5.21. The third-order valence-corrected chi connectivity index (χ3v) is 13.3. The molecule has 3 aromatic carbocycles. The number of aromatic amines is 2. The van der Waals surface area contributed by atoms with Gasteiger partial charge in [-0.3, -0.25) is 14.4 Å². The number of carbonyl (C=O) groups is 4. The molecule has 2 aromatic heterocycles. The molecule has 1 saturated carbocycles. The van der Waals surface area contributed by atoms with Crippen molar-refractivity contribution < 1.29 is 29.0 Å². The number of rotatable bonds is 15. The van der Waals surface area contributed by atoms with Crippen LogP contribution in [0.2, 0.25) is 0 Å².